The highest BCUT2D eigenvalue weighted by atomic mass is 35.5. The maximum Gasteiger partial charge on any atom is 0.0982 e. The Balaban J connectivity index is 0.00000145. The Hall–Kier alpha value is -1.59. The van der Waals surface area contributed by atoms with Crippen LogP contribution in [0, 0.1) is 0 Å². The first-order valence-corrected chi connectivity index (χ1v) is 11.4. The number of morpholine rings is 1. The van der Waals surface area contributed by atoms with Crippen molar-refractivity contribution in [2.24, 2.45) is 4.99 Å². The number of hydrogen-bond donors (Lipinski definition) is 1. The number of nitrogens with one attached hydrogen (secondary N) is 1. The summed E-state index contributed by atoms with van der Waals surface area (Å²) in [6.45, 7) is 8.53. The van der Waals surface area contributed by atoms with Crippen LogP contribution in [-0.2, 0) is 4.74 Å². The van der Waals surface area contributed by atoms with Gasteiger partial charge in [-0.05, 0) is 30.2 Å². The van der Waals surface area contributed by atoms with Gasteiger partial charge in [-0.1, -0.05) is 85.8 Å². The summed E-state index contributed by atoms with van der Waals surface area (Å²) in [5.41, 5.74) is 3.48. The van der Waals surface area contributed by atoms with E-state index in [1.54, 1.807) is 11.8 Å². The van der Waals surface area contributed by atoms with Crippen molar-refractivity contribution < 1.29 is 4.74 Å². The number of ether oxygens (including phenoxy) is 1. The van der Waals surface area contributed by atoms with E-state index in [-0.39, 0.29) is 11.4 Å². The van der Waals surface area contributed by atoms with Crippen LogP contribution in [0.15, 0.2) is 65.7 Å². The quantitative estimate of drug-likeness (QED) is 0.448. The fourth-order valence-electron chi connectivity index (χ4n) is 3.18. The largest absolute Gasteiger partial charge is 0.374 e. The highest BCUT2D eigenvalue weighted by Crippen LogP contribution is 2.38. The molecule has 1 aliphatic rings. The van der Waals surface area contributed by atoms with Crippen molar-refractivity contribution in [2.75, 3.05) is 26.7 Å². The molecule has 1 saturated heterocycles. The zero-order valence-electron chi connectivity index (χ0n) is 17.7. The summed E-state index contributed by atoms with van der Waals surface area (Å²) in [4.78, 5) is 4.62. The monoisotopic (exact) mass is 430 g/mol. The predicted molar refractivity (Wildman–Crippen MR) is 129 cm³/mol. The minimum absolute atomic E-state index is 0.103. The lowest BCUT2D eigenvalue weighted by Crippen LogP contribution is -2.41. The summed E-state index contributed by atoms with van der Waals surface area (Å²) in [5.74, 6) is 0. The van der Waals surface area contributed by atoms with E-state index < -0.39 is 0 Å². The van der Waals surface area contributed by atoms with E-state index in [0.29, 0.717) is 0 Å². The number of benzene rings is 2. The zero-order valence-corrected chi connectivity index (χ0v) is 19.3. The molecule has 3 nitrogen and oxygen atoms in total. The molecule has 0 aromatic heterocycles. The summed E-state index contributed by atoms with van der Waals surface area (Å²) in [6.07, 6.45) is 2.21. The Morgan fingerprint density at radius 3 is 2.41 bits per heavy atom. The number of nitrogens with zero attached hydrogens (tertiary/aromatic N) is 1. The third-order valence-corrected chi connectivity index (χ3v) is 6.25. The Bertz CT molecular complexity index is 784. The van der Waals surface area contributed by atoms with Crippen molar-refractivity contribution in [3.63, 3.8) is 0 Å². The minimum atomic E-state index is 0.103. The van der Waals surface area contributed by atoms with Crippen LogP contribution in [0.25, 0.3) is 5.57 Å². The summed E-state index contributed by atoms with van der Waals surface area (Å²) < 4.78 is 6.10. The van der Waals surface area contributed by atoms with E-state index in [4.69, 9.17) is 16.3 Å². The number of aliphatic imine (C=N–C) groups is 1. The summed E-state index contributed by atoms with van der Waals surface area (Å²) in [6, 6.07) is 18.5. The molecule has 1 heterocycles. The second kappa shape index (κ2) is 12.9. The van der Waals surface area contributed by atoms with Gasteiger partial charge in [0, 0.05) is 30.7 Å². The van der Waals surface area contributed by atoms with Crippen LogP contribution in [0.4, 0.5) is 0 Å². The van der Waals surface area contributed by atoms with Gasteiger partial charge >= 0.3 is 0 Å². The zero-order chi connectivity index (χ0) is 21.1. The second-order valence-corrected chi connectivity index (χ2v) is 7.87. The predicted octanol–water partition coefficient (Wildman–Crippen LogP) is 6.26. The average molecular weight is 431 g/mol. The van der Waals surface area contributed by atoms with Gasteiger partial charge in [-0.15, -0.1) is 0 Å². The Morgan fingerprint density at radius 1 is 1.17 bits per heavy atom. The molecule has 3 rings (SSSR count). The lowest BCUT2D eigenvalue weighted by molar-refractivity contribution is 0.0275. The van der Waals surface area contributed by atoms with Gasteiger partial charge in [0.25, 0.3) is 0 Å². The molecule has 0 aliphatic carbocycles. The van der Waals surface area contributed by atoms with Crippen molar-refractivity contribution in [1.82, 2.24) is 5.32 Å². The van der Waals surface area contributed by atoms with Crippen molar-refractivity contribution in [1.29, 1.82) is 0 Å². The first-order chi connectivity index (χ1) is 14.2. The molecule has 0 radical (unpaired) electrons. The second-order valence-electron chi connectivity index (χ2n) is 6.30. The lowest BCUT2D eigenvalue weighted by Gasteiger charge is -2.31. The molecule has 2 aromatic carbocycles. The molecule has 5 heteroatoms. The molecule has 1 N–H and O–H groups in total. The normalized spacial score (nSPS) is 18.6. The first-order valence-electron chi connectivity index (χ1n) is 10.2. The molecule has 1 aliphatic heterocycles. The average Bonchev–Trinajstić information content (AvgIpc) is 2.80. The van der Waals surface area contributed by atoms with Crippen LogP contribution in [-0.4, -0.2) is 37.9 Å². The molecule has 1 fully saturated rings. The van der Waals surface area contributed by atoms with E-state index in [1.165, 1.54) is 5.56 Å². The maximum atomic E-state index is 6.10. The SMILES string of the molecule is C/C=C(\C(=NC)SC(c1ccccc1)C1CNCCO1)c1ccc(Cl)cc1.CC. The van der Waals surface area contributed by atoms with Gasteiger partial charge in [0.1, 0.15) is 0 Å². The van der Waals surface area contributed by atoms with Crippen LogP contribution in [0.1, 0.15) is 37.1 Å². The Morgan fingerprint density at radius 2 is 1.86 bits per heavy atom. The standard InChI is InChI=1S/C22H25ClN2OS.C2H6/c1-3-19(16-9-11-18(23)12-10-16)22(24-2)27-21(17-7-5-4-6-8-17)20-15-25-13-14-26-20;1-2/h3-12,20-21,25H,13-15H2,1-2H3;1-2H3/b19-3-,24-22?;. The van der Waals surface area contributed by atoms with Crippen LogP contribution in [0.5, 0.6) is 0 Å². The summed E-state index contributed by atoms with van der Waals surface area (Å²) in [7, 11) is 1.85. The molecule has 0 amide bonds. The highest BCUT2D eigenvalue weighted by Gasteiger charge is 2.29. The van der Waals surface area contributed by atoms with Gasteiger partial charge in [0.2, 0.25) is 0 Å². The number of allylic oxidation sites excluding steroid dienone is 1. The summed E-state index contributed by atoms with van der Waals surface area (Å²) in [5, 5.41) is 5.36. The van der Waals surface area contributed by atoms with E-state index in [9.17, 15) is 0 Å². The number of hydrogen-bond acceptors (Lipinski definition) is 4. The molecular formula is C24H31ClN2OS. The third kappa shape index (κ3) is 6.71. The minimum Gasteiger partial charge on any atom is -0.374 e. The van der Waals surface area contributed by atoms with Gasteiger partial charge in [-0.3, -0.25) is 4.99 Å². The van der Waals surface area contributed by atoms with E-state index in [1.807, 2.05) is 58.2 Å². The molecule has 2 aromatic rings. The summed E-state index contributed by atoms with van der Waals surface area (Å²) >= 11 is 7.83. The highest BCUT2D eigenvalue weighted by molar-refractivity contribution is 8.15. The van der Waals surface area contributed by atoms with Gasteiger partial charge in [0.05, 0.1) is 23.0 Å². The fraction of sp³-hybridized carbons (Fsp3) is 0.375. The van der Waals surface area contributed by atoms with Gasteiger partial charge in [-0.25, -0.2) is 0 Å². The molecule has 0 bridgehead atoms. The molecule has 0 spiro atoms. The van der Waals surface area contributed by atoms with Crippen LogP contribution in [0.2, 0.25) is 5.02 Å². The smallest absolute Gasteiger partial charge is 0.0982 e. The molecule has 29 heavy (non-hydrogen) atoms. The first kappa shape index (κ1) is 23.7. The molecular weight excluding hydrogens is 400 g/mol. The fourth-order valence-corrected chi connectivity index (χ4v) is 4.64. The van der Waals surface area contributed by atoms with Crippen molar-refractivity contribution in [3.05, 3.63) is 76.8 Å². The van der Waals surface area contributed by atoms with Crippen molar-refractivity contribution in [3.8, 4) is 0 Å². The Kier molecular flexibility index (Phi) is 10.5. The molecule has 2 unspecified atom stereocenters. The van der Waals surface area contributed by atoms with Gasteiger partial charge in [0.15, 0.2) is 0 Å². The van der Waals surface area contributed by atoms with Crippen LogP contribution in [0.3, 0.4) is 0 Å². The van der Waals surface area contributed by atoms with E-state index in [0.717, 1.165) is 40.9 Å². The van der Waals surface area contributed by atoms with Crippen LogP contribution >= 0.6 is 23.4 Å². The number of rotatable bonds is 5. The van der Waals surface area contributed by atoms with Crippen molar-refractivity contribution in [2.45, 2.75) is 32.1 Å². The topological polar surface area (TPSA) is 33.6 Å². The number of halogens is 1. The van der Waals surface area contributed by atoms with Crippen LogP contribution < -0.4 is 5.32 Å². The van der Waals surface area contributed by atoms with Crippen molar-refractivity contribution >= 4 is 34.0 Å². The molecule has 156 valence electrons. The number of thioether (sulfide) groups is 1. The Labute approximate surface area is 184 Å². The van der Waals surface area contributed by atoms with Gasteiger partial charge < -0.3 is 10.1 Å². The maximum absolute atomic E-state index is 6.10. The molecule has 0 saturated carbocycles. The third-order valence-electron chi connectivity index (χ3n) is 4.54. The van der Waals surface area contributed by atoms with E-state index in [2.05, 4.69) is 40.7 Å². The molecule has 2 atom stereocenters. The lowest BCUT2D eigenvalue weighted by atomic mass is 10.1. The van der Waals surface area contributed by atoms with E-state index >= 15 is 0 Å². The van der Waals surface area contributed by atoms with Gasteiger partial charge in [-0.2, -0.15) is 0 Å².